The molecule has 2 fully saturated rings. The van der Waals surface area contributed by atoms with Crippen molar-refractivity contribution in [3.05, 3.63) is 23.0 Å². The number of fused-ring (bicyclic) bond motifs is 1. The Morgan fingerprint density at radius 1 is 1.11 bits per heavy atom. The minimum absolute atomic E-state index is 0.493. The van der Waals surface area contributed by atoms with Gasteiger partial charge in [0.15, 0.2) is 5.65 Å². The normalized spacial score (nSPS) is 19.8. The minimum Gasteiger partial charge on any atom is -0.381 e. The van der Waals surface area contributed by atoms with Crippen molar-refractivity contribution in [1.82, 2.24) is 19.5 Å². The number of nitrogens with zero attached hydrogens (tertiary/aromatic N) is 4. The third-order valence-electron chi connectivity index (χ3n) is 6.38. The molecule has 4 rings (SSSR count). The molecule has 0 spiro atoms. The Balaban J connectivity index is 1.44. The van der Waals surface area contributed by atoms with Gasteiger partial charge < -0.3 is 15.0 Å². The van der Waals surface area contributed by atoms with Crippen LogP contribution in [0.1, 0.15) is 67.8 Å². The summed E-state index contributed by atoms with van der Waals surface area (Å²) in [4.78, 5) is 7.42. The van der Waals surface area contributed by atoms with Gasteiger partial charge in [-0.1, -0.05) is 12.8 Å². The van der Waals surface area contributed by atoms with E-state index in [4.69, 9.17) is 14.8 Å². The highest BCUT2D eigenvalue weighted by atomic mass is 16.5. The predicted molar refractivity (Wildman–Crippen MR) is 113 cm³/mol. The van der Waals surface area contributed by atoms with E-state index in [1.807, 2.05) is 4.52 Å². The van der Waals surface area contributed by atoms with Gasteiger partial charge >= 0.3 is 0 Å². The lowest BCUT2D eigenvalue weighted by Gasteiger charge is -2.20. The van der Waals surface area contributed by atoms with Crippen LogP contribution < -0.4 is 5.32 Å². The molecule has 6 nitrogen and oxygen atoms in total. The van der Waals surface area contributed by atoms with Crippen LogP contribution in [-0.2, 0) is 4.74 Å². The number of anilines is 1. The van der Waals surface area contributed by atoms with Crippen molar-refractivity contribution in [2.24, 2.45) is 0 Å². The summed E-state index contributed by atoms with van der Waals surface area (Å²) in [5.74, 6) is 1.60. The van der Waals surface area contributed by atoms with E-state index < -0.39 is 0 Å². The summed E-state index contributed by atoms with van der Waals surface area (Å²) in [6.07, 6.45) is 8.79. The summed E-state index contributed by atoms with van der Waals surface area (Å²) < 4.78 is 7.54. The molecular weight excluding hydrogens is 350 g/mol. The first-order valence-electron chi connectivity index (χ1n) is 11.1. The summed E-state index contributed by atoms with van der Waals surface area (Å²) in [7, 11) is 0. The van der Waals surface area contributed by atoms with Crippen LogP contribution in [0.15, 0.2) is 6.07 Å². The van der Waals surface area contributed by atoms with Gasteiger partial charge in [0.05, 0.1) is 5.69 Å². The van der Waals surface area contributed by atoms with E-state index in [1.54, 1.807) is 0 Å². The third kappa shape index (κ3) is 4.49. The molecule has 0 unspecified atom stereocenters. The van der Waals surface area contributed by atoms with Gasteiger partial charge in [-0.2, -0.15) is 9.61 Å². The van der Waals surface area contributed by atoms with Crippen LogP contribution in [0.4, 0.5) is 5.82 Å². The van der Waals surface area contributed by atoms with Gasteiger partial charge in [0.1, 0.15) is 5.82 Å². The van der Waals surface area contributed by atoms with Crippen molar-refractivity contribution in [3.63, 3.8) is 0 Å². The van der Waals surface area contributed by atoms with E-state index in [2.05, 4.69) is 30.1 Å². The molecule has 0 saturated carbocycles. The second kappa shape index (κ2) is 9.23. The summed E-state index contributed by atoms with van der Waals surface area (Å²) in [5.41, 5.74) is 4.40. The molecule has 0 aliphatic carbocycles. The Hall–Kier alpha value is -1.66. The molecule has 0 radical (unpaired) electrons. The maximum absolute atomic E-state index is 5.51. The fourth-order valence-corrected chi connectivity index (χ4v) is 4.49. The molecule has 2 aromatic heterocycles. The average Bonchev–Trinajstić information content (AvgIpc) is 2.95. The Morgan fingerprint density at radius 2 is 1.86 bits per heavy atom. The topological polar surface area (TPSA) is 54.7 Å². The summed E-state index contributed by atoms with van der Waals surface area (Å²) >= 11 is 0. The van der Waals surface area contributed by atoms with E-state index in [0.29, 0.717) is 5.92 Å². The Kier molecular flexibility index (Phi) is 6.47. The maximum Gasteiger partial charge on any atom is 0.157 e. The zero-order chi connectivity index (χ0) is 19.3. The summed E-state index contributed by atoms with van der Waals surface area (Å²) in [6.45, 7) is 10.6. The molecular formula is C22H35N5O. The van der Waals surface area contributed by atoms with Crippen LogP contribution in [-0.4, -0.2) is 58.9 Å². The number of rotatable bonds is 6. The number of aromatic nitrogens is 3. The number of hydrogen-bond donors (Lipinski definition) is 1. The van der Waals surface area contributed by atoms with Crippen molar-refractivity contribution in [2.45, 2.75) is 64.7 Å². The number of aryl methyl sites for hydroxylation is 1. The van der Waals surface area contributed by atoms with Gasteiger partial charge in [-0.05, 0) is 65.6 Å². The quantitative estimate of drug-likeness (QED) is 0.764. The Labute approximate surface area is 168 Å². The van der Waals surface area contributed by atoms with Gasteiger partial charge in [-0.3, -0.25) is 0 Å². The zero-order valence-corrected chi connectivity index (χ0v) is 17.5. The Bertz CT molecular complexity index is 773. The molecule has 0 amide bonds. The Morgan fingerprint density at radius 3 is 2.61 bits per heavy atom. The van der Waals surface area contributed by atoms with Gasteiger partial charge in [-0.25, -0.2) is 4.98 Å². The van der Waals surface area contributed by atoms with Gasteiger partial charge in [-0.15, -0.1) is 0 Å². The minimum atomic E-state index is 0.493. The highest BCUT2D eigenvalue weighted by Gasteiger charge is 2.21. The first-order chi connectivity index (χ1) is 13.7. The first kappa shape index (κ1) is 19.6. The summed E-state index contributed by atoms with van der Waals surface area (Å²) in [6, 6.07) is 2.17. The molecule has 154 valence electrons. The second-order valence-electron chi connectivity index (χ2n) is 8.43. The number of likely N-dealkylation sites (tertiary alicyclic amines) is 1. The van der Waals surface area contributed by atoms with Gasteiger partial charge in [0.25, 0.3) is 0 Å². The molecule has 0 bridgehead atoms. The fraction of sp³-hybridized carbons (Fsp3) is 0.727. The largest absolute Gasteiger partial charge is 0.381 e. The molecule has 6 heteroatoms. The van der Waals surface area contributed by atoms with Crippen LogP contribution in [0.2, 0.25) is 0 Å². The van der Waals surface area contributed by atoms with Gasteiger partial charge in [0, 0.05) is 43.0 Å². The summed E-state index contributed by atoms with van der Waals surface area (Å²) in [5, 5.41) is 8.62. The van der Waals surface area contributed by atoms with E-state index >= 15 is 0 Å². The van der Waals surface area contributed by atoms with Crippen molar-refractivity contribution in [2.75, 3.05) is 44.7 Å². The number of hydrogen-bond acceptors (Lipinski definition) is 5. The molecule has 2 aromatic rings. The van der Waals surface area contributed by atoms with E-state index in [0.717, 1.165) is 61.9 Å². The predicted octanol–water partition coefficient (Wildman–Crippen LogP) is 3.92. The highest BCUT2D eigenvalue weighted by Crippen LogP contribution is 2.28. The molecule has 28 heavy (non-hydrogen) atoms. The number of nitrogens with one attached hydrogen (secondary N) is 1. The van der Waals surface area contributed by atoms with Crippen molar-refractivity contribution in [3.8, 4) is 0 Å². The molecule has 4 heterocycles. The SMILES string of the molecule is Cc1nc2cc(C3CCOCC3)nn2c(NCCCN2CCCCCC2)c1C. The lowest BCUT2D eigenvalue weighted by atomic mass is 9.97. The van der Waals surface area contributed by atoms with Crippen molar-refractivity contribution < 1.29 is 4.74 Å². The monoisotopic (exact) mass is 385 g/mol. The van der Waals surface area contributed by atoms with Crippen molar-refractivity contribution in [1.29, 1.82) is 0 Å². The lowest BCUT2D eigenvalue weighted by Crippen LogP contribution is -2.27. The van der Waals surface area contributed by atoms with Crippen LogP contribution in [0.3, 0.4) is 0 Å². The van der Waals surface area contributed by atoms with Crippen LogP contribution in [0.25, 0.3) is 5.65 Å². The van der Waals surface area contributed by atoms with E-state index in [9.17, 15) is 0 Å². The average molecular weight is 386 g/mol. The van der Waals surface area contributed by atoms with Crippen molar-refractivity contribution >= 4 is 11.5 Å². The molecule has 1 N–H and O–H groups in total. The van der Waals surface area contributed by atoms with Crippen LogP contribution in [0, 0.1) is 13.8 Å². The van der Waals surface area contributed by atoms with E-state index in [1.165, 1.54) is 50.9 Å². The molecule has 2 saturated heterocycles. The van der Waals surface area contributed by atoms with Crippen LogP contribution >= 0.6 is 0 Å². The molecule has 0 aromatic carbocycles. The fourth-order valence-electron chi connectivity index (χ4n) is 4.49. The molecule has 2 aliphatic rings. The highest BCUT2D eigenvalue weighted by molar-refractivity contribution is 5.55. The lowest BCUT2D eigenvalue weighted by molar-refractivity contribution is 0.0844. The molecule has 0 atom stereocenters. The maximum atomic E-state index is 5.51. The third-order valence-corrected chi connectivity index (χ3v) is 6.38. The number of ether oxygens (including phenoxy) is 1. The van der Waals surface area contributed by atoms with Gasteiger partial charge in [0.2, 0.25) is 0 Å². The first-order valence-corrected chi connectivity index (χ1v) is 11.1. The standard InChI is InChI=1S/C22H35N5O/c1-17-18(2)24-21-16-20(19-8-14-28-15-9-19)25-27(21)22(17)23-10-7-13-26-11-5-3-4-6-12-26/h16,19,23H,3-15H2,1-2H3. The smallest absolute Gasteiger partial charge is 0.157 e. The zero-order valence-electron chi connectivity index (χ0n) is 17.5. The second-order valence-corrected chi connectivity index (χ2v) is 8.43. The van der Waals surface area contributed by atoms with E-state index in [-0.39, 0.29) is 0 Å². The molecule has 2 aliphatic heterocycles. The van der Waals surface area contributed by atoms with Crippen LogP contribution in [0.5, 0.6) is 0 Å².